The minimum absolute atomic E-state index is 0.0391. The summed E-state index contributed by atoms with van der Waals surface area (Å²) in [5.41, 5.74) is 0.635. The van der Waals surface area contributed by atoms with Crippen molar-refractivity contribution in [3.05, 3.63) is 64.5 Å². The minimum atomic E-state index is -0.698. The van der Waals surface area contributed by atoms with E-state index in [9.17, 15) is 28.9 Å². The fourth-order valence-electron chi connectivity index (χ4n) is 2.12. The van der Waals surface area contributed by atoms with Crippen molar-refractivity contribution < 1.29 is 28.4 Å². The molecule has 0 aliphatic rings. The van der Waals surface area contributed by atoms with Crippen LogP contribution in [0.1, 0.15) is 6.92 Å². The monoisotopic (exact) mass is 435 g/mol. The van der Waals surface area contributed by atoms with E-state index in [1.807, 2.05) is 0 Å². The number of non-ortho nitro benzene ring substituents is 1. The van der Waals surface area contributed by atoms with Crippen molar-refractivity contribution in [2.75, 3.05) is 23.0 Å². The van der Waals surface area contributed by atoms with Crippen LogP contribution in [0.15, 0.2) is 48.5 Å². The van der Waals surface area contributed by atoms with Gasteiger partial charge in [0.2, 0.25) is 5.91 Å². The number of thioether (sulfide) groups is 1. The maximum atomic E-state index is 12.8. The van der Waals surface area contributed by atoms with Crippen LogP contribution < -0.4 is 10.6 Å². The molecule has 1 unspecified atom stereocenters. The number of esters is 1. The van der Waals surface area contributed by atoms with Gasteiger partial charge in [-0.3, -0.25) is 24.5 Å². The summed E-state index contributed by atoms with van der Waals surface area (Å²) in [7, 11) is 0. The van der Waals surface area contributed by atoms with Gasteiger partial charge in [-0.1, -0.05) is 0 Å². The SMILES string of the molecule is CC(SCC(=O)Nc1ccc(F)cc1)C(=O)OCC(=O)Nc1ccc([N+](=O)[O-])cc1. The second-order valence-corrected chi connectivity index (χ2v) is 7.30. The van der Waals surface area contributed by atoms with E-state index in [-0.39, 0.29) is 17.3 Å². The van der Waals surface area contributed by atoms with Crippen LogP contribution in [0.3, 0.4) is 0 Å². The molecule has 0 aromatic heterocycles. The van der Waals surface area contributed by atoms with Gasteiger partial charge in [0.1, 0.15) is 11.1 Å². The first-order chi connectivity index (χ1) is 14.2. The molecule has 0 heterocycles. The molecule has 0 aliphatic carbocycles. The van der Waals surface area contributed by atoms with Gasteiger partial charge in [0, 0.05) is 23.5 Å². The molecule has 2 amide bonds. The molecule has 2 rings (SSSR count). The number of amides is 2. The van der Waals surface area contributed by atoms with Gasteiger partial charge in [-0.2, -0.15) is 0 Å². The second-order valence-electron chi connectivity index (χ2n) is 5.97. The van der Waals surface area contributed by atoms with Crippen LogP contribution in [-0.2, 0) is 19.1 Å². The third-order valence-corrected chi connectivity index (χ3v) is 4.75. The number of halogens is 1. The van der Waals surface area contributed by atoms with Gasteiger partial charge >= 0.3 is 5.97 Å². The summed E-state index contributed by atoms with van der Waals surface area (Å²) in [6, 6.07) is 10.4. The molecule has 11 heteroatoms. The Hall–Kier alpha value is -3.47. The fraction of sp³-hybridized carbons (Fsp3) is 0.211. The second kappa shape index (κ2) is 10.9. The van der Waals surface area contributed by atoms with E-state index in [0.29, 0.717) is 11.4 Å². The smallest absolute Gasteiger partial charge is 0.319 e. The molecule has 2 N–H and O–H groups in total. The molecule has 0 fully saturated rings. The van der Waals surface area contributed by atoms with Crippen molar-refractivity contribution in [1.82, 2.24) is 0 Å². The van der Waals surface area contributed by atoms with E-state index < -0.39 is 34.5 Å². The number of nitro groups is 1. The predicted octanol–water partition coefficient (Wildman–Crippen LogP) is 2.98. The minimum Gasteiger partial charge on any atom is -0.455 e. The zero-order valence-electron chi connectivity index (χ0n) is 15.8. The van der Waals surface area contributed by atoms with Crippen LogP contribution in [0.2, 0.25) is 0 Å². The number of rotatable bonds is 9. The molecule has 30 heavy (non-hydrogen) atoms. The Morgan fingerprint density at radius 3 is 2.13 bits per heavy atom. The van der Waals surface area contributed by atoms with E-state index in [1.165, 1.54) is 55.5 Å². The average Bonchev–Trinajstić information content (AvgIpc) is 2.72. The Kier molecular flexibility index (Phi) is 8.29. The number of nitrogens with one attached hydrogen (secondary N) is 2. The Labute approximate surface area is 175 Å². The number of ether oxygens (including phenoxy) is 1. The summed E-state index contributed by atoms with van der Waals surface area (Å²) in [5.74, 6) is -2.11. The highest BCUT2D eigenvalue weighted by Gasteiger charge is 2.18. The number of hydrogen-bond donors (Lipinski definition) is 2. The summed E-state index contributed by atoms with van der Waals surface area (Å²) in [6.07, 6.45) is 0. The van der Waals surface area contributed by atoms with Gasteiger partial charge < -0.3 is 15.4 Å². The highest BCUT2D eigenvalue weighted by atomic mass is 32.2. The van der Waals surface area contributed by atoms with Crippen LogP contribution in [0.5, 0.6) is 0 Å². The summed E-state index contributed by atoms with van der Waals surface area (Å²) in [4.78, 5) is 45.7. The lowest BCUT2D eigenvalue weighted by Gasteiger charge is -2.11. The zero-order chi connectivity index (χ0) is 22.1. The molecular weight excluding hydrogens is 417 g/mol. The summed E-state index contributed by atoms with van der Waals surface area (Å²) >= 11 is 1.02. The van der Waals surface area contributed by atoms with Gasteiger partial charge in [0.25, 0.3) is 11.6 Å². The van der Waals surface area contributed by atoms with Crippen LogP contribution in [0.25, 0.3) is 0 Å². The molecular formula is C19H18FN3O6S. The van der Waals surface area contributed by atoms with Gasteiger partial charge in [-0.25, -0.2) is 4.39 Å². The van der Waals surface area contributed by atoms with Crippen molar-refractivity contribution >= 4 is 46.6 Å². The van der Waals surface area contributed by atoms with Gasteiger partial charge in [0.05, 0.1) is 10.7 Å². The largest absolute Gasteiger partial charge is 0.455 e. The van der Waals surface area contributed by atoms with Crippen molar-refractivity contribution in [2.24, 2.45) is 0 Å². The lowest BCUT2D eigenvalue weighted by atomic mass is 10.3. The summed E-state index contributed by atoms with van der Waals surface area (Å²) in [5, 5.41) is 14.9. The molecule has 0 saturated heterocycles. The number of nitrogens with zero attached hydrogens (tertiary/aromatic N) is 1. The molecule has 158 valence electrons. The molecule has 0 radical (unpaired) electrons. The third-order valence-electron chi connectivity index (χ3n) is 3.63. The quantitative estimate of drug-likeness (QED) is 0.352. The number of benzene rings is 2. The lowest BCUT2D eigenvalue weighted by molar-refractivity contribution is -0.384. The Balaban J connectivity index is 1.70. The number of anilines is 2. The van der Waals surface area contributed by atoms with Gasteiger partial charge in [0.15, 0.2) is 6.61 Å². The van der Waals surface area contributed by atoms with Crippen molar-refractivity contribution in [1.29, 1.82) is 0 Å². The Bertz CT molecular complexity index is 921. The molecule has 0 saturated carbocycles. The van der Waals surface area contributed by atoms with Gasteiger partial charge in [-0.15, -0.1) is 11.8 Å². The van der Waals surface area contributed by atoms with E-state index >= 15 is 0 Å². The third kappa shape index (κ3) is 7.51. The molecule has 2 aromatic rings. The maximum Gasteiger partial charge on any atom is 0.319 e. The highest BCUT2D eigenvalue weighted by Crippen LogP contribution is 2.16. The number of hydrogen-bond acceptors (Lipinski definition) is 7. The first-order valence-corrected chi connectivity index (χ1v) is 9.67. The summed E-state index contributed by atoms with van der Waals surface area (Å²) < 4.78 is 17.8. The number of carbonyl (C=O) groups excluding carboxylic acids is 3. The summed E-state index contributed by atoms with van der Waals surface area (Å²) in [6.45, 7) is 0.995. The van der Waals surface area contributed by atoms with Gasteiger partial charge in [-0.05, 0) is 43.3 Å². The molecule has 1 atom stereocenters. The van der Waals surface area contributed by atoms with Crippen molar-refractivity contribution in [3.63, 3.8) is 0 Å². The van der Waals surface area contributed by atoms with Crippen LogP contribution >= 0.6 is 11.8 Å². The highest BCUT2D eigenvalue weighted by molar-refractivity contribution is 8.01. The predicted molar refractivity (Wildman–Crippen MR) is 110 cm³/mol. The molecule has 2 aromatic carbocycles. The lowest BCUT2D eigenvalue weighted by Crippen LogP contribution is -2.26. The first kappa shape index (κ1) is 22.8. The topological polar surface area (TPSA) is 128 Å². The van der Waals surface area contributed by atoms with Crippen molar-refractivity contribution in [3.8, 4) is 0 Å². The molecule has 0 spiro atoms. The fourth-order valence-corrected chi connectivity index (χ4v) is 2.79. The Morgan fingerprint density at radius 1 is 1.03 bits per heavy atom. The molecule has 0 aliphatic heterocycles. The maximum absolute atomic E-state index is 12.8. The Morgan fingerprint density at radius 2 is 1.57 bits per heavy atom. The van der Waals surface area contributed by atoms with Crippen LogP contribution in [0, 0.1) is 15.9 Å². The molecule has 9 nitrogen and oxygen atoms in total. The average molecular weight is 435 g/mol. The number of nitro benzene ring substituents is 1. The standard InChI is InChI=1S/C19H18FN3O6S/c1-12(30-11-18(25)22-14-4-2-13(20)3-5-14)19(26)29-10-17(24)21-15-6-8-16(9-7-15)23(27)28/h2-9,12H,10-11H2,1H3,(H,21,24)(H,22,25). The van der Waals surface area contributed by atoms with Crippen LogP contribution in [0.4, 0.5) is 21.5 Å². The molecule has 0 bridgehead atoms. The first-order valence-electron chi connectivity index (χ1n) is 8.62. The number of carbonyl (C=O) groups is 3. The van der Waals surface area contributed by atoms with E-state index in [4.69, 9.17) is 4.74 Å². The van der Waals surface area contributed by atoms with Crippen molar-refractivity contribution in [2.45, 2.75) is 12.2 Å². The van der Waals surface area contributed by atoms with E-state index in [2.05, 4.69) is 10.6 Å². The van der Waals surface area contributed by atoms with E-state index in [1.54, 1.807) is 0 Å². The zero-order valence-corrected chi connectivity index (χ0v) is 16.6. The normalized spacial score (nSPS) is 11.3. The van der Waals surface area contributed by atoms with E-state index in [0.717, 1.165) is 11.8 Å². The van der Waals surface area contributed by atoms with Crippen LogP contribution in [-0.4, -0.2) is 40.3 Å².